The van der Waals surface area contributed by atoms with E-state index in [1.54, 1.807) is 12.3 Å². The van der Waals surface area contributed by atoms with Crippen molar-refractivity contribution in [1.82, 2.24) is 19.8 Å². The summed E-state index contributed by atoms with van der Waals surface area (Å²) in [4.78, 5) is 35.3. The first kappa shape index (κ1) is 24.5. The Bertz CT molecular complexity index is 1430. The fourth-order valence-corrected chi connectivity index (χ4v) is 5.01. The Balaban J connectivity index is 1.22. The Kier molecular flexibility index (Phi) is 6.92. The number of H-pyrrole nitrogens is 1. The number of benzene rings is 1. The number of fused-ring (bicyclic) bond motifs is 2. The number of halogens is 1. The topological polar surface area (TPSA) is 132 Å². The molecule has 1 fully saturated rings. The Morgan fingerprint density at radius 2 is 2.00 bits per heavy atom. The minimum atomic E-state index is -1.01. The third kappa shape index (κ3) is 5.20. The number of likely N-dealkylation sites (tertiary alicyclic amines) is 1. The Morgan fingerprint density at radius 1 is 1.24 bits per heavy atom. The van der Waals surface area contributed by atoms with Crippen LogP contribution in [0.5, 0.6) is 11.5 Å². The van der Waals surface area contributed by atoms with E-state index in [-0.39, 0.29) is 18.2 Å². The van der Waals surface area contributed by atoms with Gasteiger partial charge in [0.05, 0.1) is 29.5 Å². The molecule has 0 spiro atoms. The molecular formula is C26H26FN5O5. The van der Waals surface area contributed by atoms with Crippen molar-refractivity contribution in [2.24, 2.45) is 0 Å². The molecule has 0 atom stereocenters. The first-order valence-electron chi connectivity index (χ1n) is 12.1. The van der Waals surface area contributed by atoms with Gasteiger partial charge in [-0.1, -0.05) is 0 Å². The summed E-state index contributed by atoms with van der Waals surface area (Å²) in [7, 11) is 0. The van der Waals surface area contributed by atoms with Crippen molar-refractivity contribution in [2.75, 3.05) is 32.8 Å². The number of piperidine rings is 1. The number of ether oxygens (including phenoxy) is 2. The van der Waals surface area contributed by atoms with Crippen molar-refractivity contribution in [3.63, 3.8) is 0 Å². The third-order valence-electron chi connectivity index (χ3n) is 6.93. The summed E-state index contributed by atoms with van der Waals surface area (Å²) in [6, 6.07) is 7.65. The number of hydrogen-bond acceptors (Lipinski definition) is 7. The van der Waals surface area contributed by atoms with Crippen molar-refractivity contribution < 1.29 is 23.8 Å². The molecule has 1 saturated heterocycles. The van der Waals surface area contributed by atoms with Gasteiger partial charge in [0.1, 0.15) is 25.1 Å². The molecule has 1 amide bonds. The molecular weight excluding hydrogens is 481 g/mol. The smallest absolute Gasteiger partial charge is 0.407 e. The molecule has 2 aliphatic heterocycles. The van der Waals surface area contributed by atoms with Crippen LogP contribution in [-0.4, -0.2) is 69.9 Å². The lowest BCUT2D eigenvalue weighted by Gasteiger charge is -2.37. The number of nitrogens with one attached hydrogen (secondary N) is 1. The monoisotopic (exact) mass is 507 g/mol. The predicted octanol–water partition coefficient (Wildman–Crippen LogP) is 2.89. The Labute approximate surface area is 211 Å². The minimum Gasteiger partial charge on any atom is -0.486 e. The second-order valence-corrected chi connectivity index (χ2v) is 9.16. The van der Waals surface area contributed by atoms with E-state index in [1.807, 2.05) is 0 Å². The second-order valence-electron chi connectivity index (χ2n) is 9.16. The summed E-state index contributed by atoms with van der Waals surface area (Å²) >= 11 is 0. The number of rotatable bonds is 6. The SMILES string of the molecule is N#Cc1c(CCN2CCC(N(Cc3cc4c(cn3)OCCO4)C(=O)O)CC2)c(=O)[nH]c2cc(F)ccc12. The highest BCUT2D eigenvalue weighted by atomic mass is 19.1. The van der Waals surface area contributed by atoms with E-state index in [4.69, 9.17) is 9.47 Å². The van der Waals surface area contributed by atoms with Crippen molar-refractivity contribution in [3.8, 4) is 17.6 Å². The van der Waals surface area contributed by atoms with E-state index in [1.165, 1.54) is 23.1 Å². The highest BCUT2D eigenvalue weighted by Crippen LogP contribution is 2.30. The zero-order chi connectivity index (χ0) is 25.9. The zero-order valence-corrected chi connectivity index (χ0v) is 20.1. The molecule has 4 heterocycles. The van der Waals surface area contributed by atoms with E-state index >= 15 is 0 Å². The molecule has 192 valence electrons. The summed E-state index contributed by atoms with van der Waals surface area (Å²) in [5.74, 6) is 0.645. The van der Waals surface area contributed by atoms with Gasteiger partial charge in [-0.2, -0.15) is 5.26 Å². The maximum absolute atomic E-state index is 13.6. The quantitative estimate of drug-likeness (QED) is 0.521. The van der Waals surface area contributed by atoms with Crippen LogP contribution >= 0.6 is 0 Å². The first-order chi connectivity index (χ1) is 17.9. The second kappa shape index (κ2) is 10.4. The maximum atomic E-state index is 13.6. The van der Waals surface area contributed by atoms with Gasteiger partial charge < -0.3 is 24.5 Å². The van der Waals surface area contributed by atoms with Gasteiger partial charge in [-0.05, 0) is 37.5 Å². The summed E-state index contributed by atoms with van der Waals surface area (Å²) in [6.45, 7) is 2.91. The van der Waals surface area contributed by atoms with Crippen LogP contribution in [0, 0.1) is 17.1 Å². The van der Waals surface area contributed by atoms with Crippen LogP contribution in [0.2, 0.25) is 0 Å². The molecule has 3 aromatic rings. The number of carboxylic acid groups (broad SMARTS) is 1. The van der Waals surface area contributed by atoms with Gasteiger partial charge in [0.2, 0.25) is 0 Å². The molecule has 1 aromatic carbocycles. The first-order valence-corrected chi connectivity index (χ1v) is 12.1. The lowest BCUT2D eigenvalue weighted by atomic mass is 10.00. The third-order valence-corrected chi connectivity index (χ3v) is 6.93. The summed E-state index contributed by atoms with van der Waals surface area (Å²) in [5.41, 5.74) is 1.13. The van der Waals surface area contributed by atoms with Gasteiger partial charge in [0, 0.05) is 42.7 Å². The number of aromatic amines is 1. The lowest BCUT2D eigenvalue weighted by Crippen LogP contribution is -2.47. The number of hydrogen-bond donors (Lipinski definition) is 2. The Morgan fingerprint density at radius 3 is 2.73 bits per heavy atom. The van der Waals surface area contributed by atoms with Crippen LogP contribution in [0.15, 0.2) is 35.3 Å². The molecule has 2 N–H and O–H groups in total. The van der Waals surface area contributed by atoms with Gasteiger partial charge in [-0.3, -0.25) is 14.7 Å². The molecule has 2 aromatic heterocycles. The van der Waals surface area contributed by atoms with Gasteiger partial charge >= 0.3 is 6.09 Å². The standard InChI is InChI=1S/C26H26FN5O5/c27-16-1-2-19-21(13-28)20(25(33)30-22(19)11-16)5-8-31-6-3-18(4-7-31)32(26(34)35)15-17-12-23-24(14-29-17)37-10-9-36-23/h1-2,11-12,14,18H,3-10,15H2,(H,30,33)(H,34,35). The van der Waals surface area contributed by atoms with Crippen LogP contribution in [-0.2, 0) is 13.0 Å². The summed E-state index contributed by atoms with van der Waals surface area (Å²) in [6.07, 6.45) is 2.19. The van der Waals surface area contributed by atoms with Gasteiger partial charge in [0.15, 0.2) is 11.5 Å². The zero-order valence-electron chi connectivity index (χ0n) is 20.1. The molecule has 0 unspecified atom stereocenters. The van der Waals surface area contributed by atoms with E-state index < -0.39 is 17.5 Å². The molecule has 0 saturated carbocycles. The number of amides is 1. The fraction of sp³-hybridized carbons (Fsp3) is 0.385. The molecule has 11 heteroatoms. The van der Waals surface area contributed by atoms with Crippen LogP contribution in [0.4, 0.5) is 9.18 Å². The van der Waals surface area contributed by atoms with Crippen LogP contribution < -0.4 is 15.0 Å². The fourth-order valence-electron chi connectivity index (χ4n) is 5.01. The van der Waals surface area contributed by atoms with Crippen molar-refractivity contribution in [2.45, 2.75) is 31.8 Å². The molecule has 37 heavy (non-hydrogen) atoms. The lowest BCUT2D eigenvalue weighted by molar-refractivity contribution is 0.0860. The molecule has 10 nitrogen and oxygen atoms in total. The van der Waals surface area contributed by atoms with Crippen LogP contribution in [0.1, 0.15) is 29.7 Å². The number of carbonyl (C=O) groups is 1. The number of nitriles is 1. The highest BCUT2D eigenvalue weighted by molar-refractivity contribution is 5.85. The Hall–Kier alpha value is -4.17. The van der Waals surface area contributed by atoms with E-state index in [9.17, 15) is 24.3 Å². The van der Waals surface area contributed by atoms with Gasteiger partial charge in [-0.25, -0.2) is 9.18 Å². The minimum absolute atomic E-state index is 0.148. The van der Waals surface area contributed by atoms with E-state index in [0.29, 0.717) is 85.8 Å². The summed E-state index contributed by atoms with van der Waals surface area (Å²) < 4.78 is 24.6. The largest absolute Gasteiger partial charge is 0.486 e. The van der Waals surface area contributed by atoms with E-state index in [2.05, 4.69) is 20.9 Å². The van der Waals surface area contributed by atoms with Crippen LogP contribution in [0.25, 0.3) is 10.9 Å². The molecule has 0 radical (unpaired) electrons. The number of pyridine rings is 2. The molecule has 0 aliphatic carbocycles. The van der Waals surface area contributed by atoms with Gasteiger partial charge in [0.25, 0.3) is 5.56 Å². The predicted molar refractivity (Wildman–Crippen MR) is 131 cm³/mol. The summed E-state index contributed by atoms with van der Waals surface area (Å²) in [5, 5.41) is 20.1. The maximum Gasteiger partial charge on any atom is 0.407 e. The van der Waals surface area contributed by atoms with Crippen LogP contribution in [0.3, 0.4) is 0 Å². The number of aromatic nitrogens is 2. The highest BCUT2D eigenvalue weighted by Gasteiger charge is 2.29. The number of nitrogens with zero attached hydrogens (tertiary/aromatic N) is 4. The van der Waals surface area contributed by atoms with Crippen molar-refractivity contribution in [3.05, 3.63) is 63.5 Å². The van der Waals surface area contributed by atoms with Crippen molar-refractivity contribution in [1.29, 1.82) is 5.26 Å². The average Bonchev–Trinajstić information content (AvgIpc) is 2.90. The molecule has 2 aliphatic rings. The average molecular weight is 508 g/mol. The van der Waals surface area contributed by atoms with E-state index in [0.717, 1.165) is 0 Å². The van der Waals surface area contributed by atoms with Crippen molar-refractivity contribution >= 4 is 17.0 Å². The van der Waals surface area contributed by atoms with Gasteiger partial charge in [-0.15, -0.1) is 0 Å². The molecule has 0 bridgehead atoms. The molecule has 5 rings (SSSR count). The normalized spacial score (nSPS) is 15.9.